The van der Waals surface area contributed by atoms with Crippen molar-refractivity contribution in [2.75, 3.05) is 31.6 Å². The molecule has 3 aromatic rings. The van der Waals surface area contributed by atoms with Crippen LogP contribution in [0.4, 0.5) is 5.82 Å². The second-order valence-electron chi connectivity index (χ2n) is 7.39. The molecule has 2 heterocycles. The first-order valence-corrected chi connectivity index (χ1v) is 10.0. The molecule has 1 saturated heterocycles. The predicted molar refractivity (Wildman–Crippen MR) is 116 cm³/mol. The molecule has 0 radical (unpaired) electrons. The van der Waals surface area contributed by atoms with Crippen LogP contribution in [0.3, 0.4) is 0 Å². The summed E-state index contributed by atoms with van der Waals surface area (Å²) in [6, 6.07) is 26.4. The van der Waals surface area contributed by atoms with Gasteiger partial charge in [-0.05, 0) is 23.3 Å². The molecule has 4 rings (SSSR count). The lowest BCUT2D eigenvalue weighted by atomic mass is 10.0. The summed E-state index contributed by atoms with van der Waals surface area (Å²) in [7, 11) is 1.82. The van der Waals surface area contributed by atoms with Gasteiger partial charge in [0, 0.05) is 39.3 Å². The first-order chi connectivity index (χ1) is 14.2. The highest BCUT2D eigenvalue weighted by Crippen LogP contribution is 2.21. The summed E-state index contributed by atoms with van der Waals surface area (Å²) in [6.07, 6.45) is 0. The molecule has 29 heavy (non-hydrogen) atoms. The zero-order chi connectivity index (χ0) is 20.1. The summed E-state index contributed by atoms with van der Waals surface area (Å²) < 4.78 is 0. The maximum atomic E-state index is 12.9. The van der Waals surface area contributed by atoms with Gasteiger partial charge in [0.2, 0.25) is 0 Å². The van der Waals surface area contributed by atoms with Gasteiger partial charge >= 0.3 is 0 Å². The van der Waals surface area contributed by atoms with Gasteiger partial charge < -0.3 is 15.1 Å². The normalized spacial score (nSPS) is 16.4. The molecule has 5 nitrogen and oxygen atoms in total. The Morgan fingerprint density at radius 3 is 2.52 bits per heavy atom. The van der Waals surface area contributed by atoms with Crippen molar-refractivity contribution in [3.8, 4) is 0 Å². The molecule has 148 valence electrons. The van der Waals surface area contributed by atoms with E-state index in [-0.39, 0.29) is 11.9 Å². The molecule has 1 N–H and O–H groups in total. The third kappa shape index (κ3) is 4.63. The lowest BCUT2D eigenvalue weighted by Gasteiger charge is -2.35. The molecule has 1 aliphatic rings. The van der Waals surface area contributed by atoms with E-state index in [9.17, 15) is 4.79 Å². The number of benzene rings is 2. The van der Waals surface area contributed by atoms with Crippen LogP contribution < -0.4 is 10.2 Å². The van der Waals surface area contributed by atoms with Crippen molar-refractivity contribution in [1.82, 2.24) is 15.2 Å². The Morgan fingerprint density at radius 1 is 1.03 bits per heavy atom. The molecule has 1 amide bonds. The van der Waals surface area contributed by atoms with E-state index >= 15 is 0 Å². The van der Waals surface area contributed by atoms with Crippen molar-refractivity contribution in [3.63, 3.8) is 0 Å². The van der Waals surface area contributed by atoms with Crippen LogP contribution in [-0.4, -0.2) is 42.5 Å². The van der Waals surface area contributed by atoms with E-state index in [1.807, 2.05) is 55.6 Å². The number of amides is 1. The topological polar surface area (TPSA) is 48.5 Å². The van der Waals surface area contributed by atoms with E-state index in [0.29, 0.717) is 12.2 Å². The van der Waals surface area contributed by atoms with E-state index in [4.69, 9.17) is 4.98 Å². The Bertz CT molecular complexity index is 945. The van der Waals surface area contributed by atoms with Crippen molar-refractivity contribution in [2.24, 2.45) is 0 Å². The number of anilines is 1. The van der Waals surface area contributed by atoms with E-state index in [1.165, 1.54) is 5.56 Å². The zero-order valence-corrected chi connectivity index (χ0v) is 16.7. The molecule has 1 fully saturated rings. The van der Waals surface area contributed by atoms with Crippen LogP contribution in [0, 0.1) is 0 Å². The van der Waals surface area contributed by atoms with Gasteiger partial charge in [-0.3, -0.25) is 4.79 Å². The smallest absolute Gasteiger partial charge is 0.272 e. The first-order valence-electron chi connectivity index (χ1n) is 10.0. The molecule has 0 aliphatic carbocycles. The van der Waals surface area contributed by atoms with Crippen LogP contribution >= 0.6 is 0 Å². The van der Waals surface area contributed by atoms with Gasteiger partial charge in [-0.1, -0.05) is 66.7 Å². The maximum Gasteiger partial charge on any atom is 0.272 e. The molecule has 5 heteroatoms. The Hall–Kier alpha value is -3.18. The minimum Gasteiger partial charge on any atom is -0.353 e. The van der Waals surface area contributed by atoms with E-state index in [0.717, 1.165) is 31.0 Å². The molecular weight excluding hydrogens is 360 g/mol. The highest BCUT2D eigenvalue weighted by molar-refractivity contribution is 5.92. The fourth-order valence-corrected chi connectivity index (χ4v) is 3.71. The van der Waals surface area contributed by atoms with Crippen LogP contribution in [-0.2, 0) is 6.54 Å². The molecule has 0 bridgehead atoms. The first kappa shape index (κ1) is 19.2. The largest absolute Gasteiger partial charge is 0.353 e. The highest BCUT2D eigenvalue weighted by atomic mass is 16.2. The van der Waals surface area contributed by atoms with Gasteiger partial charge in [0.25, 0.3) is 5.91 Å². The van der Waals surface area contributed by atoms with E-state index in [1.54, 1.807) is 11.0 Å². The molecular formula is C24H26N4O. The van der Waals surface area contributed by atoms with Gasteiger partial charge in [-0.15, -0.1) is 0 Å². The third-order valence-electron chi connectivity index (χ3n) is 5.26. The number of hydrogen-bond acceptors (Lipinski definition) is 4. The molecule has 0 unspecified atom stereocenters. The number of hydrogen-bond donors (Lipinski definition) is 1. The monoisotopic (exact) mass is 386 g/mol. The lowest BCUT2D eigenvalue weighted by molar-refractivity contribution is 0.0779. The zero-order valence-electron chi connectivity index (χ0n) is 16.7. The van der Waals surface area contributed by atoms with Gasteiger partial charge in [-0.25, -0.2) is 4.98 Å². The average Bonchev–Trinajstić information content (AvgIpc) is 2.80. The fourth-order valence-electron chi connectivity index (χ4n) is 3.71. The van der Waals surface area contributed by atoms with E-state index < -0.39 is 0 Å². The summed E-state index contributed by atoms with van der Waals surface area (Å²) in [4.78, 5) is 21.6. The molecule has 0 spiro atoms. The summed E-state index contributed by atoms with van der Waals surface area (Å²) in [6.45, 7) is 3.14. The predicted octanol–water partition coefficient (Wildman–Crippen LogP) is 3.50. The second kappa shape index (κ2) is 8.88. The number of nitrogens with zero attached hydrogens (tertiary/aromatic N) is 3. The lowest BCUT2D eigenvalue weighted by Crippen LogP contribution is -2.46. The Kier molecular flexibility index (Phi) is 5.86. The quantitative estimate of drug-likeness (QED) is 0.729. The third-order valence-corrected chi connectivity index (χ3v) is 5.26. The van der Waals surface area contributed by atoms with Crippen LogP contribution in [0.2, 0.25) is 0 Å². The number of piperazine rings is 1. The van der Waals surface area contributed by atoms with Gasteiger partial charge in [0.05, 0.1) is 0 Å². The number of pyridine rings is 1. The highest BCUT2D eigenvalue weighted by Gasteiger charge is 2.22. The van der Waals surface area contributed by atoms with E-state index in [2.05, 4.69) is 34.5 Å². The van der Waals surface area contributed by atoms with Crippen molar-refractivity contribution in [3.05, 3.63) is 95.7 Å². The van der Waals surface area contributed by atoms with Crippen LogP contribution in [0.25, 0.3) is 0 Å². The van der Waals surface area contributed by atoms with Crippen LogP contribution in [0.1, 0.15) is 27.7 Å². The minimum atomic E-state index is -0.0644. The van der Waals surface area contributed by atoms with Crippen molar-refractivity contribution < 1.29 is 4.79 Å². The molecule has 1 aliphatic heterocycles. The Labute approximate surface area is 172 Å². The number of carbonyl (C=O) groups excluding carboxylic acids is 1. The SMILES string of the molecule is CN(Cc1ccccc1)C(=O)c1cccc(N2CCN[C@H](c3ccccc3)C2)n1. The minimum absolute atomic E-state index is 0.0644. The number of nitrogens with one attached hydrogen (secondary N) is 1. The Balaban J connectivity index is 1.47. The average molecular weight is 386 g/mol. The van der Waals surface area contributed by atoms with Crippen molar-refractivity contribution in [2.45, 2.75) is 12.6 Å². The summed E-state index contributed by atoms with van der Waals surface area (Å²) in [5.41, 5.74) is 2.86. The number of carbonyl (C=O) groups is 1. The van der Waals surface area contributed by atoms with Gasteiger partial charge in [0.15, 0.2) is 0 Å². The molecule has 2 aromatic carbocycles. The van der Waals surface area contributed by atoms with Crippen molar-refractivity contribution >= 4 is 11.7 Å². The molecule has 1 aromatic heterocycles. The molecule has 0 saturated carbocycles. The van der Waals surface area contributed by atoms with Gasteiger partial charge in [0.1, 0.15) is 11.5 Å². The van der Waals surface area contributed by atoms with Crippen LogP contribution in [0.15, 0.2) is 78.9 Å². The van der Waals surface area contributed by atoms with Crippen molar-refractivity contribution in [1.29, 1.82) is 0 Å². The molecule has 1 atom stereocenters. The summed E-state index contributed by atoms with van der Waals surface area (Å²) >= 11 is 0. The number of aromatic nitrogens is 1. The van der Waals surface area contributed by atoms with Crippen LogP contribution in [0.5, 0.6) is 0 Å². The maximum absolute atomic E-state index is 12.9. The second-order valence-corrected chi connectivity index (χ2v) is 7.39. The van der Waals surface area contributed by atoms with Gasteiger partial charge in [-0.2, -0.15) is 0 Å². The summed E-state index contributed by atoms with van der Waals surface area (Å²) in [5.74, 6) is 0.789. The standard InChI is InChI=1S/C24H26N4O/c1-27(17-19-9-4-2-5-10-19)24(29)21-13-8-14-23(26-21)28-16-15-25-22(18-28)20-11-6-3-7-12-20/h2-14,22,25H,15-18H2,1H3/t22-/m0/s1. The number of rotatable bonds is 5. The Morgan fingerprint density at radius 2 is 1.76 bits per heavy atom. The fraction of sp³-hybridized carbons (Fsp3) is 0.250. The summed E-state index contributed by atoms with van der Waals surface area (Å²) in [5, 5.41) is 3.57.